The minimum atomic E-state index is -0.370. The van der Waals surface area contributed by atoms with E-state index in [-0.39, 0.29) is 17.7 Å². The molecule has 0 radical (unpaired) electrons. The van der Waals surface area contributed by atoms with Gasteiger partial charge in [-0.1, -0.05) is 19.9 Å². The van der Waals surface area contributed by atoms with E-state index in [1.807, 2.05) is 32.0 Å². The number of methoxy groups -OCH3 is 2. The van der Waals surface area contributed by atoms with Crippen molar-refractivity contribution in [1.29, 1.82) is 0 Å². The van der Waals surface area contributed by atoms with Crippen LogP contribution < -0.4 is 14.8 Å². The Morgan fingerprint density at radius 2 is 1.96 bits per heavy atom. The molecular weight excluding hydrogens is 298 g/mol. The van der Waals surface area contributed by atoms with Gasteiger partial charge in [-0.15, -0.1) is 10.2 Å². The van der Waals surface area contributed by atoms with E-state index in [0.29, 0.717) is 30.4 Å². The number of nitrogens with one attached hydrogen (secondary N) is 1. The van der Waals surface area contributed by atoms with E-state index in [1.165, 1.54) is 0 Å². The van der Waals surface area contributed by atoms with Gasteiger partial charge in [0.1, 0.15) is 0 Å². The highest BCUT2D eigenvalue weighted by Gasteiger charge is 2.16. The molecule has 1 amide bonds. The Bertz CT molecular complexity index is 667. The average Bonchev–Trinajstić information content (AvgIpc) is 3.05. The number of hydrogen-bond donors (Lipinski definition) is 1. The Morgan fingerprint density at radius 1 is 1.22 bits per heavy atom. The van der Waals surface area contributed by atoms with Gasteiger partial charge in [0.2, 0.25) is 5.89 Å². The number of nitrogens with zero attached hydrogens (tertiary/aromatic N) is 2. The van der Waals surface area contributed by atoms with Crippen LogP contribution in [-0.2, 0) is 6.42 Å². The first-order valence-corrected chi connectivity index (χ1v) is 7.37. The van der Waals surface area contributed by atoms with Crippen LogP contribution in [-0.4, -0.2) is 36.9 Å². The third kappa shape index (κ3) is 4.21. The summed E-state index contributed by atoms with van der Waals surface area (Å²) in [5, 5.41) is 10.3. The lowest BCUT2D eigenvalue weighted by Crippen LogP contribution is -2.26. The Labute approximate surface area is 135 Å². The third-order valence-corrected chi connectivity index (χ3v) is 3.28. The van der Waals surface area contributed by atoms with Crippen molar-refractivity contribution in [3.8, 4) is 11.5 Å². The summed E-state index contributed by atoms with van der Waals surface area (Å²) in [7, 11) is 3.18. The van der Waals surface area contributed by atoms with Gasteiger partial charge in [-0.2, -0.15) is 0 Å². The fraction of sp³-hybridized carbons (Fsp3) is 0.438. The molecule has 0 aliphatic rings. The van der Waals surface area contributed by atoms with Crippen LogP contribution in [0, 0.1) is 0 Å². The fourth-order valence-corrected chi connectivity index (χ4v) is 1.99. The molecule has 7 nitrogen and oxygen atoms in total. The second-order valence-electron chi connectivity index (χ2n) is 5.30. The number of amides is 1. The molecule has 7 heteroatoms. The number of benzene rings is 1. The van der Waals surface area contributed by atoms with Gasteiger partial charge < -0.3 is 19.2 Å². The molecule has 0 saturated carbocycles. The van der Waals surface area contributed by atoms with Gasteiger partial charge in [0, 0.05) is 12.5 Å². The smallest absolute Gasteiger partial charge is 0.308 e. The summed E-state index contributed by atoms with van der Waals surface area (Å²) in [4.78, 5) is 11.9. The Kier molecular flexibility index (Phi) is 5.56. The zero-order chi connectivity index (χ0) is 16.8. The van der Waals surface area contributed by atoms with Crippen molar-refractivity contribution in [1.82, 2.24) is 15.5 Å². The second kappa shape index (κ2) is 7.62. The summed E-state index contributed by atoms with van der Waals surface area (Å²) >= 11 is 0. The van der Waals surface area contributed by atoms with E-state index in [0.717, 1.165) is 5.56 Å². The van der Waals surface area contributed by atoms with Crippen molar-refractivity contribution in [3.63, 3.8) is 0 Å². The molecule has 0 atom stereocenters. The van der Waals surface area contributed by atoms with Crippen LogP contribution in [0.3, 0.4) is 0 Å². The Morgan fingerprint density at radius 3 is 2.57 bits per heavy atom. The molecule has 1 aromatic heterocycles. The SMILES string of the molecule is COc1ccc(CCNC(=O)c2nnc(C(C)C)o2)cc1OC. The van der Waals surface area contributed by atoms with Gasteiger partial charge >= 0.3 is 11.8 Å². The van der Waals surface area contributed by atoms with Crippen molar-refractivity contribution < 1.29 is 18.7 Å². The van der Waals surface area contributed by atoms with Crippen LogP contribution in [0.15, 0.2) is 22.6 Å². The van der Waals surface area contributed by atoms with Crippen LogP contribution in [0.4, 0.5) is 0 Å². The van der Waals surface area contributed by atoms with Crippen molar-refractivity contribution in [3.05, 3.63) is 35.5 Å². The Hall–Kier alpha value is -2.57. The van der Waals surface area contributed by atoms with E-state index in [4.69, 9.17) is 13.9 Å². The second-order valence-corrected chi connectivity index (χ2v) is 5.30. The molecule has 0 fully saturated rings. The maximum Gasteiger partial charge on any atom is 0.308 e. The molecule has 2 aromatic rings. The van der Waals surface area contributed by atoms with Gasteiger partial charge in [-0.25, -0.2) is 0 Å². The molecule has 0 spiro atoms. The highest BCUT2D eigenvalue weighted by Crippen LogP contribution is 2.27. The van der Waals surface area contributed by atoms with Crippen molar-refractivity contribution >= 4 is 5.91 Å². The van der Waals surface area contributed by atoms with Gasteiger partial charge in [-0.3, -0.25) is 4.79 Å². The van der Waals surface area contributed by atoms with Crippen molar-refractivity contribution in [2.75, 3.05) is 20.8 Å². The summed E-state index contributed by atoms with van der Waals surface area (Å²) < 4.78 is 15.7. The number of aromatic nitrogens is 2. The first-order chi connectivity index (χ1) is 11.0. The molecule has 0 bridgehead atoms. The molecule has 124 valence electrons. The normalized spacial score (nSPS) is 10.7. The summed E-state index contributed by atoms with van der Waals surface area (Å²) in [5.41, 5.74) is 1.02. The van der Waals surface area contributed by atoms with Crippen LogP contribution in [0.5, 0.6) is 11.5 Å². The van der Waals surface area contributed by atoms with Crippen LogP contribution in [0.2, 0.25) is 0 Å². The molecule has 0 unspecified atom stereocenters. The van der Waals surface area contributed by atoms with Crippen molar-refractivity contribution in [2.24, 2.45) is 0 Å². The topological polar surface area (TPSA) is 86.5 Å². The minimum absolute atomic E-state index is 0.0130. The number of ether oxygens (including phenoxy) is 2. The summed E-state index contributed by atoms with van der Waals surface area (Å²) in [6, 6.07) is 5.65. The molecule has 1 N–H and O–H groups in total. The number of carbonyl (C=O) groups is 1. The zero-order valence-corrected chi connectivity index (χ0v) is 13.8. The van der Waals surface area contributed by atoms with Crippen molar-refractivity contribution in [2.45, 2.75) is 26.2 Å². The van der Waals surface area contributed by atoms with Gasteiger partial charge in [0.15, 0.2) is 11.5 Å². The molecule has 1 aromatic carbocycles. The van der Waals surface area contributed by atoms with Gasteiger partial charge in [0.05, 0.1) is 14.2 Å². The molecule has 1 heterocycles. The first kappa shape index (κ1) is 16.8. The van der Waals surface area contributed by atoms with Crippen LogP contribution in [0.25, 0.3) is 0 Å². The third-order valence-electron chi connectivity index (χ3n) is 3.28. The lowest BCUT2D eigenvalue weighted by atomic mass is 10.1. The van der Waals surface area contributed by atoms with E-state index in [2.05, 4.69) is 15.5 Å². The Balaban J connectivity index is 1.90. The lowest BCUT2D eigenvalue weighted by molar-refractivity contribution is 0.0917. The molecule has 0 aliphatic heterocycles. The lowest BCUT2D eigenvalue weighted by Gasteiger charge is -2.09. The van der Waals surface area contributed by atoms with Crippen LogP contribution >= 0.6 is 0 Å². The average molecular weight is 319 g/mol. The quantitative estimate of drug-likeness (QED) is 0.842. The van der Waals surface area contributed by atoms with Gasteiger partial charge in [-0.05, 0) is 24.1 Å². The summed E-state index contributed by atoms with van der Waals surface area (Å²) in [5.74, 6) is 1.50. The maximum atomic E-state index is 11.9. The highest BCUT2D eigenvalue weighted by atomic mass is 16.5. The standard InChI is InChI=1S/C16H21N3O4/c1-10(2)15-18-19-16(23-15)14(20)17-8-7-11-5-6-12(21-3)13(9-11)22-4/h5-6,9-10H,7-8H2,1-4H3,(H,17,20). The minimum Gasteiger partial charge on any atom is -0.493 e. The molecule has 0 saturated heterocycles. The summed E-state index contributed by atoms with van der Waals surface area (Å²) in [6.07, 6.45) is 0.650. The first-order valence-electron chi connectivity index (χ1n) is 7.37. The summed E-state index contributed by atoms with van der Waals surface area (Å²) in [6.45, 7) is 4.30. The van der Waals surface area contributed by atoms with E-state index in [9.17, 15) is 4.79 Å². The fourth-order valence-electron chi connectivity index (χ4n) is 1.99. The maximum absolute atomic E-state index is 11.9. The zero-order valence-electron chi connectivity index (χ0n) is 13.8. The molecule has 0 aliphatic carbocycles. The predicted molar refractivity (Wildman–Crippen MR) is 84.0 cm³/mol. The molecular formula is C16H21N3O4. The number of hydrogen-bond acceptors (Lipinski definition) is 6. The molecule has 23 heavy (non-hydrogen) atoms. The van der Waals surface area contributed by atoms with E-state index < -0.39 is 0 Å². The van der Waals surface area contributed by atoms with Crippen LogP contribution in [0.1, 0.15) is 41.9 Å². The molecule has 2 rings (SSSR count). The predicted octanol–water partition coefficient (Wildman–Crippen LogP) is 2.18. The number of rotatable bonds is 7. The van der Waals surface area contributed by atoms with E-state index >= 15 is 0 Å². The van der Waals surface area contributed by atoms with Gasteiger partial charge in [0.25, 0.3) is 0 Å². The highest BCUT2D eigenvalue weighted by molar-refractivity contribution is 5.89. The number of carbonyl (C=O) groups excluding carboxylic acids is 1. The van der Waals surface area contributed by atoms with E-state index in [1.54, 1.807) is 14.2 Å². The largest absolute Gasteiger partial charge is 0.493 e. The monoisotopic (exact) mass is 319 g/mol.